The van der Waals surface area contributed by atoms with Gasteiger partial charge in [0.25, 0.3) is 5.69 Å². The van der Waals surface area contributed by atoms with Gasteiger partial charge in [-0.15, -0.1) is 6.58 Å². The van der Waals surface area contributed by atoms with Gasteiger partial charge in [-0.05, 0) is 19.1 Å². The Kier molecular flexibility index (Phi) is 3.57. The van der Waals surface area contributed by atoms with Crippen molar-refractivity contribution in [1.82, 2.24) is 14.8 Å². The maximum Gasteiger partial charge on any atom is 0.273 e. The van der Waals surface area contributed by atoms with Gasteiger partial charge in [-0.1, -0.05) is 18.2 Å². The monoisotopic (exact) mass is 276 g/mol. The molecule has 6 nitrogen and oxygen atoms in total. The number of allylic oxidation sites excluding steroid dienone is 1. The standard InChI is InChI=1S/C12H12N4O2S/c1-3-6-15-11(13-14-12(15)19)9-5-4-8(2)10(7-9)16(17)18/h3-5,7H,1,6H2,2H3,(H,14,19). The van der Waals surface area contributed by atoms with E-state index >= 15 is 0 Å². The molecule has 0 spiro atoms. The fourth-order valence-corrected chi connectivity index (χ4v) is 1.99. The van der Waals surface area contributed by atoms with Gasteiger partial charge in [0.2, 0.25) is 0 Å². The van der Waals surface area contributed by atoms with Gasteiger partial charge in [-0.2, -0.15) is 5.10 Å². The van der Waals surface area contributed by atoms with Crippen molar-refractivity contribution in [3.63, 3.8) is 0 Å². The van der Waals surface area contributed by atoms with Crippen LogP contribution in [0, 0.1) is 21.8 Å². The summed E-state index contributed by atoms with van der Waals surface area (Å²) in [6.45, 7) is 5.84. The van der Waals surface area contributed by atoms with E-state index in [-0.39, 0.29) is 5.69 Å². The third-order valence-corrected chi connectivity index (χ3v) is 3.05. The number of aryl methyl sites for hydroxylation is 1. The van der Waals surface area contributed by atoms with Crippen molar-refractivity contribution in [3.05, 3.63) is 51.3 Å². The lowest BCUT2D eigenvalue weighted by molar-refractivity contribution is -0.385. The van der Waals surface area contributed by atoms with Crippen LogP contribution < -0.4 is 0 Å². The van der Waals surface area contributed by atoms with E-state index in [9.17, 15) is 10.1 Å². The van der Waals surface area contributed by atoms with Gasteiger partial charge in [0.15, 0.2) is 10.6 Å². The molecule has 2 rings (SSSR count). The van der Waals surface area contributed by atoms with Crippen LogP contribution in [0.5, 0.6) is 0 Å². The first kappa shape index (κ1) is 13.2. The Labute approximate surface area is 114 Å². The highest BCUT2D eigenvalue weighted by atomic mass is 32.1. The molecule has 0 saturated heterocycles. The van der Waals surface area contributed by atoms with Crippen LogP contribution in [-0.4, -0.2) is 19.7 Å². The molecule has 0 saturated carbocycles. The van der Waals surface area contributed by atoms with Crippen molar-refractivity contribution in [1.29, 1.82) is 0 Å². The Balaban J connectivity index is 2.59. The smallest absolute Gasteiger partial charge is 0.273 e. The number of nitro benzene ring substituents is 1. The minimum Gasteiger partial charge on any atom is -0.296 e. The number of benzene rings is 1. The summed E-state index contributed by atoms with van der Waals surface area (Å²) in [6, 6.07) is 4.98. The number of aromatic nitrogens is 3. The SMILES string of the molecule is C=CCn1c(-c2ccc(C)c([N+](=O)[O-])c2)n[nH]c1=S. The van der Waals surface area contributed by atoms with Crippen LogP contribution >= 0.6 is 12.2 Å². The molecule has 1 heterocycles. The van der Waals surface area contributed by atoms with E-state index in [1.165, 1.54) is 6.07 Å². The zero-order chi connectivity index (χ0) is 14.0. The lowest BCUT2D eigenvalue weighted by Gasteiger charge is -2.04. The summed E-state index contributed by atoms with van der Waals surface area (Å²) >= 11 is 5.11. The summed E-state index contributed by atoms with van der Waals surface area (Å²) in [5.41, 5.74) is 1.32. The van der Waals surface area contributed by atoms with Crippen LogP contribution in [0.15, 0.2) is 30.9 Å². The van der Waals surface area contributed by atoms with E-state index < -0.39 is 4.92 Å². The number of rotatable bonds is 4. The molecule has 0 aliphatic heterocycles. The van der Waals surface area contributed by atoms with Crippen LogP contribution in [0.2, 0.25) is 0 Å². The van der Waals surface area contributed by atoms with E-state index in [4.69, 9.17) is 12.2 Å². The Bertz CT molecular complexity index is 702. The highest BCUT2D eigenvalue weighted by Crippen LogP contribution is 2.25. The van der Waals surface area contributed by atoms with E-state index in [0.717, 1.165) is 0 Å². The van der Waals surface area contributed by atoms with Gasteiger partial charge >= 0.3 is 0 Å². The zero-order valence-corrected chi connectivity index (χ0v) is 11.1. The summed E-state index contributed by atoms with van der Waals surface area (Å²) in [6.07, 6.45) is 1.69. The summed E-state index contributed by atoms with van der Waals surface area (Å²) < 4.78 is 2.19. The van der Waals surface area contributed by atoms with Crippen molar-refractivity contribution in [2.45, 2.75) is 13.5 Å². The summed E-state index contributed by atoms with van der Waals surface area (Å²) in [5, 5.41) is 17.7. The second kappa shape index (κ2) is 5.15. The molecule has 98 valence electrons. The number of nitro groups is 1. The zero-order valence-electron chi connectivity index (χ0n) is 10.3. The van der Waals surface area contributed by atoms with Gasteiger partial charge in [0.05, 0.1) is 4.92 Å². The van der Waals surface area contributed by atoms with Gasteiger partial charge in [-0.3, -0.25) is 19.8 Å². The molecule has 1 N–H and O–H groups in total. The molecule has 19 heavy (non-hydrogen) atoms. The normalized spacial score (nSPS) is 10.4. The Hall–Kier alpha value is -2.28. The summed E-state index contributed by atoms with van der Waals surface area (Å²) in [4.78, 5) is 10.6. The van der Waals surface area contributed by atoms with Gasteiger partial charge in [-0.25, -0.2) is 0 Å². The molecule has 0 atom stereocenters. The molecule has 2 aromatic rings. The molecule has 0 amide bonds. The molecule has 0 bridgehead atoms. The predicted octanol–water partition coefficient (Wildman–Crippen LogP) is 3.01. The second-order valence-corrected chi connectivity index (χ2v) is 4.40. The lowest BCUT2D eigenvalue weighted by atomic mass is 10.1. The molecular formula is C12H12N4O2S. The fourth-order valence-electron chi connectivity index (χ4n) is 1.78. The Morgan fingerprint density at radius 3 is 3.00 bits per heavy atom. The highest BCUT2D eigenvalue weighted by Gasteiger charge is 2.15. The van der Waals surface area contributed by atoms with Crippen LogP contribution in [0.3, 0.4) is 0 Å². The minimum atomic E-state index is -0.405. The van der Waals surface area contributed by atoms with Crippen LogP contribution in [0.4, 0.5) is 5.69 Å². The topological polar surface area (TPSA) is 76.8 Å². The Morgan fingerprint density at radius 2 is 2.37 bits per heavy atom. The summed E-state index contributed by atoms with van der Waals surface area (Å²) in [7, 11) is 0. The molecule has 0 aliphatic rings. The third-order valence-electron chi connectivity index (χ3n) is 2.73. The molecule has 0 radical (unpaired) electrons. The van der Waals surface area contributed by atoms with Crippen LogP contribution in [0.25, 0.3) is 11.4 Å². The van der Waals surface area contributed by atoms with Crippen molar-refractivity contribution in [2.75, 3.05) is 0 Å². The van der Waals surface area contributed by atoms with E-state index in [0.29, 0.717) is 28.3 Å². The number of nitrogens with zero attached hydrogens (tertiary/aromatic N) is 3. The number of hydrogen-bond donors (Lipinski definition) is 1. The minimum absolute atomic E-state index is 0.0663. The van der Waals surface area contributed by atoms with Gasteiger partial charge in [0, 0.05) is 23.7 Å². The third kappa shape index (κ3) is 2.45. The maximum absolute atomic E-state index is 11.0. The average molecular weight is 276 g/mol. The predicted molar refractivity (Wildman–Crippen MR) is 74.4 cm³/mol. The number of nitrogens with one attached hydrogen (secondary N) is 1. The summed E-state index contributed by atoms with van der Waals surface area (Å²) in [5.74, 6) is 0.563. The molecule has 0 aliphatic carbocycles. The maximum atomic E-state index is 11.0. The van der Waals surface area contributed by atoms with E-state index in [1.807, 2.05) is 0 Å². The first-order valence-electron chi connectivity index (χ1n) is 5.56. The number of hydrogen-bond acceptors (Lipinski definition) is 4. The van der Waals surface area contributed by atoms with Crippen LogP contribution in [0.1, 0.15) is 5.56 Å². The van der Waals surface area contributed by atoms with Crippen molar-refractivity contribution in [3.8, 4) is 11.4 Å². The lowest BCUT2D eigenvalue weighted by Crippen LogP contribution is -1.99. The molecule has 7 heteroatoms. The molecule has 0 unspecified atom stereocenters. The quantitative estimate of drug-likeness (QED) is 0.403. The molecular weight excluding hydrogens is 264 g/mol. The molecule has 1 aromatic heterocycles. The van der Waals surface area contributed by atoms with Crippen molar-refractivity contribution in [2.24, 2.45) is 0 Å². The van der Waals surface area contributed by atoms with Gasteiger partial charge in [0.1, 0.15) is 0 Å². The molecule has 0 fully saturated rings. The number of H-pyrrole nitrogens is 1. The highest BCUT2D eigenvalue weighted by molar-refractivity contribution is 7.71. The average Bonchev–Trinajstić information content (AvgIpc) is 2.72. The van der Waals surface area contributed by atoms with Crippen molar-refractivity contribution < 1.29 is 4.92 Å². The first-order chi connectivity index (χ1) is 9.04. The molecule has 1 aromatic carbocycles. The van der Waals surface area contributed by atoms with E-state index in [1.54, 1.807) is 29.7 Å². The van der Waals surface area contributed by atoms with Crippen molar-refractivity contribution >= 4 is 17.9 Å². The van der Waals surface area contributed by atoms with E-state index in [2.05, 4.69) is 16.8 Å². The number of aromatic amines is 1. The van der Waals surface area contributed by atoms with Crippen LogP contribution in [-0.2, 0) is 6.54 Å². The first-order valence-corrected chi connectivity index (χ1v) is 5.97. The largest absolute Gasteiger partial charge is 0.296 e. The van der Waals surface area contributed by atoms with Gasteiger partial charge < -0.3 is 0 Å². The second-order valence-electron chi connectivity index (χ2n) is 4.01. The fraction of sp³-hybridized carbons (Fsp3) is 0.167. The Morgan fingerprint density at radius 1 is 1.63 bits per heavy atom.